The van der Waals surface area contributed by atoms with Gasteiger partial charge in [0.2, 0.25) is 0 Å². The topological polar surface area (TPSA) is 0 Å². The quantitative estimate of drug-likeness (QED) is 0.692. The maximum absolute atomic E-state index is 2.36. The van der Waals surface area contributed by atoms with E-state index in [1.807, 2.05) is 13.8 Å². The molecule has 0 aliphatic heterocycles. The molecule has 3 rings (SSSR count). The SMILES string of the molecule is CC.CC/C=c1/ccc2c3c(ccc(C)c13)C=C(C)CC=2. The smallest absolute Gasteiger partial charge is 0.00334 e. The molecule has 0 unspecified atom stereocenters. The predicted octanol–water partition coefficient (Wildman–Crippen LogP) is 4.95. The Labute approximate surface area is 128 Å². The van der Waals surface area contributed by atoms with E-state index in [-0.39, 0.29) is 0 Å². The van der Waals surface area contributed by atoms with Crippen LogP contribution in [0.1, 0.15) is 51.7 Å². The summed E-state index contributed by atoms with van der Waals surface area (Å²) in [5.41, 5.74) is 4.18. The molecule has 0 saturated carbocycles. The Kier molecular flexibility index (Phi) is 5.01. The standard InChI is InChI=1S/C19H20.C2H6/c1-4-5-15-10-11-16-8-6-13(2)12-17-9-7-14(3)18(15)19(16)17;1-2/h5,7-12H,4,6H2,1-3H3;1-2H3/b15-5-;. The van der Waals surface area contributed by atoms with E-state index < -0.39 is 0 Å². The zero-order chi connectivity index (χ0) is 15.4. The van der Waals surface area contributed by atoms with Crippen LogP contribution in [0.15, 0.2) is 29.8 Å². The molecular weight excluding hydrogens is 252 g/mol. The Morgan fingerprint density at radius 3 is 2.48 bits per heavy atom. The van der Waals surface area contributed by atoms with Gasteiger partial charge in [0.05, 0.1) is 0 Å². The van der Waals surface area contributed by atoms with E-state index in [0.717, 1.165) is 12.8 Å². The molecule has 0 amide bonds. The zero-order valence-electron chi connectivity index (χ0n) is 14.0. The Morgan fingerprint density at radius 1 is 1.00 bits per heavy atom. The number of allylic oxidation sites excluding steroid dienone is 1. The van der Waals surface area contributed by atoms with Crippen molar-refractivity contribution in [3.05, 3.63) is 51.4 Å². The lowest BCUT2D eigenvalue weighted by Gasteiger charge is -2.08. The van der Waals surface area contributed by atoms with Crippen LogP contribution < -0.4 is 10.4 Å². The van der Waals surface area contributed by atoms with Crippen LogP contribution in [0.2, 0.25) is 0 Å². The molecule has 2 aromatic carbocycles. The summed E-state index contributed by atoms with van der Waals surface area (Å²) >= 11 is 0. The van der Waals surface area contributed by atoms with Gasteiger partial charge in [0.15, 0.2) is 0 Å². The van der Waals surface area contributed by atoms with E-state index in [9.17, 15) is 0 Å². The summed E-state index contributed by atoms with van der Waals surface area (Å²) in [4.78, 5) is 0. The highest BCUT2D eigenvalue weighted by Gasteiger charge is 2.07. The number of benzene rings is 2. The molecule has 0 heteroatoms. The fourth-order valence-corrected chi connectivity index (χ4v) is 3.03. The molecule has 0 saturated heterocycles. The van der Waals surface area contributed by atoms with Crippen LogP contribution in [0.25, 0.3) is 29.0 Å². The van der Waals surface area contributed by atoms with Crippen molar-refractivity contribution in [3.8, 4) is 0 Å². The molecule has 0 heterocycles. The molecule has 0 aromatic heterocycles. The first-order chi connectivity index (χ1) is 10.2. The Hall–Kier alpha value is -1.82. The normalized spacial score (nSPS) is 14.0. The van der Waals surface area contributed by atoms with Gasteiger partial charge in [-0.05, 0) is 59.0 Å². The summed E-state index contributed by atoms with van der Waals surface area (Å²) in [6.45, 7) is 10.6. The molecule has 0 bridgehead atoms. The first kappa shape index (κ1) is 15.6. The molecule has 2 aromatic rings. The summed E-state index contributed by atoms with van der Waals surface area (Å²) in [7, 11) is 0. The third-order valence-corrected chi connectivity index (χ3v) is 3.94. The lowest BCUT2D eigenvalue weighted by atomic mass is 9.96. The van der Waals surface area contributed by atoms with Gasteiger partial charge in [0.1, 0.15) is 0 Å². The highest BCUT2D eigenvalue weighted by molar-refractivity contribution is 5.95. The molecule has 0 fully saturated rings. The van der Waals surface area contributed by atoms with Gasteiger partial charge in [-0.1, -0.05) is 68.8 Å². The third kappa shape index (κ3) is 2.95. The fourth-order valence-electron chi connectivity index (χ4n) is 3.03. The van der Waals surface area contributed by atoms with Crippen molar-refractivity contribution in [1.82, 2.24) is 0 Å². The van der Waals surface area contributed by atoms with Gasteiger partial charge in [-0.2, -0.15) is 0 Å². The summed E-state index contributed by atoms with van der Waals surface area (Å²) in [5.74, 6) is 0. The molecule has 0 radical (unpaired) electrons. The first-order valence-electron chi connectivity index (χ1n) is 8.10. The van der Waals surface area contributed by atoms with Gasteiger partial charge in [-0.15, -0.1) is 0 Å². The molecule has 0 nitrogen and oxygen atoms in total. The van der Waals surface area contributed by atoms with Gasteiger partial charge in [-0.3, -0.25) is 0 Å². The summed E-state index contributed by atoms with van der Waals surface area (Å²) in [5, 5.41) is 5.62. The minimum atomic E-state index is 1.06. The maximum atomic E-state index is 2.36. The van der Waals surface area contributed by atoms with Gasteiger partial charge < -0.3 is 0 Å². The van der Waals surface area contributed by atoms with Crippen LogP contribution in [0.5, 0.6) is 0 Å². The van der Waals surface area contributed by atoms with E-state index in [0.29, 0.717) is 0 Å². The van der Waals surface area contributed by atoms with Gasteiger partial charge >= 0.3 is 0 Å². The van der Waals surface area contributed by atoms with Crippen molar-refractivity contribution in [3.63, 3.8) is 0 Å². The van der Waals surface area contributed by atoms with Gasteiger partial charge in [-0.25, -0.2) is 0 Å². The largest absolute Gasteiger partial charge is 0.0769 e. The second-order valence-electron chi connectivity index (χ2n) is 5.48. The fraction of sp³-hybridized carbons (Fsp3) is 0.333. The van der Waals surface area contributed by atoms with Crippen LogP contribution in [0.3, 0.4) is 0 Å². The highest BCUT2D eigenvalue weighted by atomic mass is 14.1. The number of aryl methyl sites for hydroxylation is 1. The molecular formula is C21H26. The second kappa shape index (κ2) is 6.76. The van der Waals surface area contributed by atoms with Crippen LogP contribution in [-0.2, 0) is 0 Å². The average Bonchev–Trinajstić information content (AvgIpc) is 2.66. The maximum Gasteiger partial charge on any atom is -0.00334 e. The van der Waals surface area contributed by atoms with Crippen molar-refractivity contribution >= 4 is 29.0 Å². The van der Waals surface area contributed by atoms with Crippen molar-refractivity contribution in [1.29, 1.82) is 0 Å². The Morgan fingerprint density at radius 2 is 1.76 bits per heavy atom. The minimum Gasteiger partial charge on any atom is -0.0769 e. The van der Waals surface area contributed by atoms with Crippen LogP contribution in [-0.4, -0.2) is 0 Å². The molecule has 110 valence electrons. The molecule has 1 aliphatic carbocycles. The third-order valence-electron chi connectivity index (χ3n) is 3.94. The lowest BCUT2D eigenvalue weighted by Crippen LogP contribution is -2.13. The van der Waals surface area contributed by atoms with Gasteiger partial charge in [0, 0.05) is 0 Å². The van der Waals surface area contributed by atoms with E-state index in [4.69, 9.17) is 0 Å². The van der Waals surface area contributed by atoms with E-state index in [2.05, 4.69) is 63.3 Å². The molecule has 0 atom stereocenters. The Bertz CT molecular complexity index is 789. The first-order valence-corrected chi connectivity index (χ1v) is 8.10. The summed E-state index contributed by atoms with van der Waals surface area (Å²) in [6.07, 6.45) is 9.16. The molecule has 1 aliphatic rings. The van der Waals surface area contributed by atoms with E-state index in [1.54, 1.807) is 0 Å². The molecule has 21 heavy (non-hydrogen) atoms. The number of rotatable bonds is 1. The number of hydrogen-bond donors (Lipinski definition) is 0. The van der Waals surface area contributed by atoms with Crippen molar-refractivity contribution < 1.29 is 0 Å². The molecule has 0 spiro atoms. The van der Waals surface area contributed by atoms with Gasteiger partial charge in [0.25, 0.3) is 0 Å². The number of hydrogen-bond acceptors (Lipinski definition) is 0. The predicted molar refractivity (Wildman–Crippen MR) is 96.8 cm³/mol. The lowest BCUT2D eigenvalue weighted by molar-refractivity contribution is 1.29. The minimum absolute atomic E-state index is 1.06. The summed E-state index contributed by atoms with van der Waals surface area (Å²) < 4.78 is 0. The van der Waals surface area contributed by atoms with Crippen LogP contribution >= 0.6 is 0 Å². The second-order valence-corrected chi connectivity index (χ2v) is 5.48. The average molecular weight is 278 g/mol. The monoisotopic (exact) mass is 278 g/mol. The van der Waals surface area contributed by atoms with Crippen molar-refractivity contribution in [2.24, 2.45) is 0 Å². The zero-order valence-corrected chi connectivity index (χ0v) is 14.0. The molecule has 0 N–H and O–H groups in total. The Balaban J connectivity index is 0.000000774. The highest BCUT2D eigenvalue weighted by Crippen LogP contribution is 2.22. The summed E-state index contributed by atoms with van der Waals surface area (Å²) in [6, 6.07) is 9.07. The van der Waals surface area contributed by atoms with Crippen molar-refractivity contribution in [2.45, 2.75) is 47.5 Å². The van der Waals surface area contributed by atoms with Crippen molar-refractivity contribution in [2.75, 3.05) is 0 Å². The van der Waals surface area contributed by atoms with E-state index >= 15 is 0 Å². The van der Waals surface area contributed by atoms with Crippen LogP contribution in [0, 0.1) is 6.92 Å². The van der Waals surface area contributed by atoms with Crippen LogP contribution in [0.4, 0.5) is 0 Å². The van der Waals surface area contributed by atoms with E-state index in [1.165, 1.54) is 37.9 Å².